The number of nitrogen functional groups attached to an aromatic ring is 1. The van der Waals surface area contributed by atoms with Crippen LogP contribution in [0.1, 0.15) is 26.3 Å². The molecule has 1 aromatic carbocycles. The third-order valence-electron chi connectivity index (χ3n) is 2.06. The van der Waals surface area contributed by atoms with Gasteiger partial charge in [0.05, 0.1) is 0 Å². The molecule has 0 heterocycles. The second kappa shape index (κ2) is 5.71. The van der Waals surface area contributed by atoms with Gasteiger partial charge in [0.25, 0.3) is 0 Å². The standard InChI is InChI=1S/C13H19FN2O2/c1-13(2,3)18-12(17)16-5-4-9-6-10(14)8-11(15)7-9/h6-8H,4-5,15H2,1-3H3,(H,16,17). The number of amides is 1. The number of rotatable bonds is 3. The van der Waals surface area contributed by atoms with Crippen molar-refractivity contribution in [1.82, 2.24) is 5.32 Å². The predicted molar refractivity (Wildman–Crippen MR) is 68.8 cm³/mol. The molecule has 1 amide bonds. The summed E-state index contributed by atoms with van der Waals surface area (Å²) in [6, 6.07) is 4.33. The van der Waals surface area contributed by atoms with Crippen molar-refractivity contribution >= 4 is 11.8 Å². The van der Waals surface area contributed by atoms with Crippen molar-refractivity contribution < 1.29 is 13.9 Å². The molecule has 100 valence electrons. The van der Waals surface area contributed by atoms with Crippen LogP contribution in [0.4, 0.5) is 14.9 Å². The van der Waals surface area contributed by atoms with Crippen LogP contribution in [0.5, 0.6) is 0 Å². The molecule has 0 bridgehead atoms. The number of nitrogens with one attached hydrogen (secondary N) is 1. The molecule has 4 nitrogen and oxygen atoms in total. The molecular weight excluding hydrogens is 235 g/mol. The summed E-state index contributed by atoms with van der Waals surface area (Å²) in [5, 5.41) is 2.60. The number of ether oxygens (including phenoxy) is 1. The second-order valence-corrected chi connectivity index (χ2v) is 5.07. The van der Waals surface area contributed by atoms with Gasteiger partial charge in [0.15, 0.2) is 0 Å². The number of carbonyl (C=O) groups excluding carboxylic acids is 1. The maximum absolute atomic E-state index is 13.0. The highest BCUT2D eigenvalue weighted by molar-refractivity contribution is 5.67. The number of halogens is 1. The third kappa shape index (κ3) is 5.52. The SMILES string of the molecule is CC(C)(C)OC(=O)NCCc1cc(N)cc(F)c1. The predicted octanol–water partition coefficient (Wildman–Crippen LogP) is 2.48. The largest absolute Gasteiger partial charge is 0.444 e. The van der Waals surface area contributed by atoms with Gasteiger partial charge in [-0.15, -0.1) is 0 Å². The van der Waals surface area contributed by atoms with Crippen LogP contribution in [-0.2, 0) is 11.2 Å². The lowest BCUT2D eigenvalue weighted by Gasteiger charge is -2.19. The van der Waals surface area contributed by atoms with Crippen molar-refractivity contribution in [2.45, 2.75) is 32.8 Å². The molecule has 0 aliphatic heterocycles. The number of carbonyl (C=O) groups is 1. The fourth-order valence-corrected chi connectivity index (χ4v) is 1.44. The lowest BCUT2D eigenvalue weighted by atomic mass is 10.1. The first-order chi connectivity index (χ1) is 8.26. The Hall–Kier alpha value is -1.78. The number of anilines is 1. The lowest BCUT2D eigenvalue weighted by molar-refractivity contribution is 0.0528. The first-order valence-electron chi connectivity index (χ1n) is 5.78. The van der Waals surface area contributed by atoms with Crippen LogP contribution in [0.2, 0.25) is 0 Å². The second-order valence-electron chi connectivity index (χ2n) is 5.07. The Kier molecular flexibility index (Phi) is 4.53. The van der Waals surface area contributed by atoms with Gasteiger partial charge in [0.1, 0.15) is 11.4 Å². The van der Waals surface area contributed by atoms with E-state index in [0.717, 1.165) is 5.56 Å². The van der Waals surface area contributed by atoms with Crippen molar-refractivity contribution in [1.29, 1.82) is 0 Å². The number of hydrogen-bond acceptors (Lipinski definition) is 3. The molecule has 0 aliphatic rings. The summed E-state index contributed by atoms with van der Waals surface area (Å²) >= 11 is 0. The topological polar surface area (TPSA) is 64.3 Å². The van der Waals surface area contributed by atoms with Crippen LogP contribution in [0.25, 0.3) is 0 Å². The summed E-state index contributed by atoms with van der Waals surface area (Å²) in [7, 11) is 0. The molecule has 0 atom stereocenters. The Morgan fingerprint density at radius 3 is 2.61 bits per heavy atom. The molecule has 3 N–H and O–H groups in total. The molecule has 5 heteroatoms. The van der Waals surface area contributed by atoms with E-state index in [4.69, 9.17) is 10.5 Å². The van der Waals surface area contributed by atoms with Crippen LogP contribution >= 0.6 is 0 Å². The van der Waals surface area contributed by atoms with Crippen molar-refractivity contribution in [2.75, 3.05) is 12.3 Å². The Balaban J connectivity index is 2.40. The molecule has 0 saturated carbocycles. The van der Waals surface area contributed by atoms with Crippen molar-refractivity contribution in [3.8, 4) is 0 Å². The quantitative estimate of drug-likeness (QED) is 0.814. The average molecular weight is 254 g/mol. The minimum absolute atomic E-state index is 0.373. The Labute approximate surface area is 106 Å². The van der Waals surface area contributed by atoms with E-state index < -0.39 is 11.7 Å². The van der Waals surface area contributed by atoms with Gasteiger partial charge in [-0.3, -0.25) is 0 Å². The molecule has 1 rings (SSSR count). The van der Waals surface area contributed by atoms with Gasteiger partial charge in [-0.1, -0.05) is 0 Å². The fourth-order valence-electron chi connectivity index (χ4n) is 1.44. The first kappa shape index (κ1) is 14.3. The fraction of sp³-hybridized carbons (Fsp3) is 0.462. The highest BCUT2D eigenvalue weighted by Gasteiger charge is 2.15. The highest BCUT2D eigenvalue weighted by Crippen LogP contribution is 2.11. The van der Waals surface area contributed by atoms with Gasteiger partial charge in [-0.25, -0.2) is 9.18 Å². The van der Waals surface area contributed by atoms with Crippen molar-refractivity contribution in [3.63, 3.8) is 0 Å². The van der Waals surface area contributed by atoms with E-state index in [1.807, 2.05) is 0 Å². The van der Waals surface area contributed by atoms with Gasteiger partial charge >= 0.3 is 6.09 Å². The van der Waals surface area contributed by atoms with E-state index in [-0.39, 0.29) is 5.82 Å². The summed E-state index contributed by atoms with van der Waals surface area (Å²) in [5.41, 5.74) is 6.12. The molecule has 0 fully saturated rings. The summed E-state index contributed by atoms with van der Waals surface area (Å²) < 4.78 is 18.1. The molecule has 0 saturated heterocycles. The molecule has 0 unspecified atom stereocenters. The van der Waals surface area contributed by atoms with Crippen LogP contribution < -0.4 is 11.1 Å². The molecule has 0 aromatic heterocycles. The van der Waals surface area contributed by atoms with E-state index in [1.165, 1.54) is 12.1 Å². The Bertz CT molecular complexity index is 407. The number of benzene rings is 1. The van der Waals surface area contributed by atoms with E-state index in [1.54, 1.807) is 26.8 Å². The summed E-state index contributed by atoms with van der Waals surface area (Å²) in [6.07, 6.45) is 0.0214. The van der Waals surface area contributed by atoms with Crippen LogP contribution in [-0.4, -0.2) is 18.2 Å². The zero-order valence-corrected chi connectivity index (χ0v) is 10.9. The van der Waals surface area contributed by atoms with Crippen LogP contribution in [0, 0.1) is 5.82 Å². The Morgan fingerprint density at radius 1 is 1.39 bits per heavy atom. The number of alkyl carbamates (subject to hydrolysis) is 1. The smallest absolute Gasteiger partial charge is 0.407 e. The maximum atomic E-state index is 13.0. The van der Waals surface area contributed by atoms with Gasteiger partial charge in [-0.05, 0) is 51.0 Å². The zero-order valence-electron chi connectivity index (χ0n) is 10.9. The van der Waals surface area contributed by atoms with E-state index in [2.05, 4.69) is 5.32 Å². The summed E-state index contributed by atoms with van der Waals surface area (Å²) in [5.74, 6) is -0.373. The normalized spacial score (nSPS) is 11.1. The molecular formula is C13H19FN2O2. The molecule has 1 aromatic rings. The maximum Gasteiger partial charge on any atom is 0.407 e. The zero-order chi connectivity index (χ0) is 13.8. The highest BCUT2D eigenvalue weighted by atomic mass is 19.1. The number of nitrogens with two attached hydrogens (primary N) is 1. The Morgan fingerprint density at radius 2 is 2.06 bits per heavy atom. The van der Waals surface area contributed by atoms with E-state index in [9.17, 15) is 9.18 Å². The van der Waals surface area contributed by atoms with E-state index >= 15 is 0 Å². The minimum atomic E-state index is -0.520. The monoisotopic (exact) mass is 254 g/mol. The van der Waals surface area contributed by atoms with E-state index in [0.29, 0.717) is 18.7 Å². The molecule has 0 aliphatic carbocycles. The number of hydrogen-bond donors (Lipinski definition) is 2. The van der Waals surface area contributed by atoms with Crippen LogP contribution in [0.3, 0.4) is 0 Å². The summed E-state index contributed by atoms with van der Waals surface area (Å²) in [4.78, 5) is 11.4. The van der Waals surface area contributed by atoms with Gasteiger partial charge in [0, 0.05) is 12.2 Å². The van der Waals surface area contributed by atoms with Gasteiger partial charge in [0.2, 0.25) is 0 Å². The minimum Gasteiger partial charge on any atom is -0.444 e. The lowest BCUT2D eigenvalue weighted by Crippen LogP contribution is -2.33. The molecule has 0 radical (unpaired) electrons. The van der Waals surface area contributed by atoms with Crippen LogP contribution in [0.15, 0.2) is 18.2 Å². The van der Waals surface area contributed by atoms with Gasteiger partial charge in [-0.2, -0.15) is 0 Å². The molecule has 0 spiro atoms. The molecule has 18 heavy (non-hydrogen) atoms. The first-order valence-corrected chi connectivity index (χ1v) is 5.78. The third-order valence-corrected chi connectivity index (χ3v) is 2.06. The summed E-state index contributed by atoms with van der Waals surface area (Å²) in [6.45, 7) is 5.75. The average Bonchev–Trinajstić information content (AvgIpc) is 2.12. The van der Waals surface area contributed by atoms with Gasteiger partial charge < -0.3 is 15.8 Å². The van der Waals surface area contributed by atoms with Crippen molar-refractivity contribution in [2.24, 2.45) is 0 Å². The van der Waals surface area contributed by atoms with Crippen molar-refractivity contribution in [3.05, 3.63) is 29.6 Å².